The summed E-state index contributed by atoms with van der Waals surface area (Å²) >= 11 is 1.66. The van der Waals surface area contributed by atoms with E-state index in [4.69, 9.17) is 0 Å². The Hall–Kier alpha value is -1.29. The lowest BCUT2D eigenvalue weighted by Gasteiger charge is -2.22. The predicted octanol–water partition coefficient (Wildman–Crippen LogP) is 2.84. The predicted molar refractivity (Wildman–Crippen MR) is 73.7 cm³/mol. The fourth-order valence-electron chi connectivity index (χ4n) is 1.81. The van der Waals surface area contributed by atoms with E-state index in [1.165, 1.54) is 0 Å². The van der Waals surface area contributed by atoms with Crippen molar-refractivity contribution in [3.63, 3.8) is 0 Å². The third kappa shape index (κ3) is 2.52. The molecular formula is C13H16N2OS. The molecule has 0 fully saturated rings. The van der Waals surface area contributed by atoms with Crippen LogP contribution < -0.4 is 4.90 Å². The van der Waals surface area contributed by atoms with Gasteiger partial charge in [0.2, 0.25) is 5.91 Å². The second-order valence-electron chi connectivity index (χ2n) is 4.19. The summed E-state index contributed by atoms with van der Waals surface area (Å²) in [7, 11) is 0. The van der Waals surface area contributed by atoms with Gasteiger partial charge in [-0.1, -0.05) is 36.9 Å². The van der Waals surface area contributed by atoms with Crippen molar-refractivity contribution in [2.45, 2.75) is 26.0 Å². The smallest absolute Gasteiger partial charge is 0.230 e. The van der Waals surface area contributed by atoms with Crippen molar-refractivity contribution in [3.8, 4) is 0 Å². The van der Waals surface area contributed by atoms with Gasteiger partial charge in [0.1, 0.15) is 0 Å². The summed E-state index contributed by atoms with van der Waals surface area (Å²) in [6.45, 7) is 6.50. The van der Waals surface area contributed by atoms with Crippen molar-refractivity contribution < 1.29 is 4.79 Å². The molecule has 0 spiro atoms. The molecule has 1 atom stereocenters. The number of benzene rings is 1. The first-order valence-electron chi connectivity index (χ1n) is 5.67. The third-order valence-electron chi connectivity index (χ3n) is 2.65. The molecule has 1 aliphatic rings. The van der Waals surface area contributed by atoms with Crippen LogP contribution in [0.5, 0.6) is 0 Å². The summed E-state index contributed by atoms with van der Waals surface area (Å²) in [6, 6.07) is 7.89. The number of carbonyl (C=O) groups is 1. The van der Waals surface area contributed by atoms with E-state index in [-0.39, 0.29) is 5.91 Å². The number of carbonyl (C=O) groups excluding carboxylic acids is 1. The van der Waals surface area contributed by atoms with Crippen LogP contribution in [0.4, 0.5) is 5.69 Å². The molecule has 1 aromatic rings. The molecule has 0 saturated carbocycles. The van der Waals surface area contributed by atoms with Crippen LogP contribution in [0.2, 0.25) is 0 Å². The van der Waals surface area contributed by atoms with Gasteiger partial charge >= 0.3 is 0 Å². The van der Waals surface area contributed by atoms with Crippen LogP contribution in [0.3, 0.4) is 0 Å². The Bertz CT molecular complexity index is 470. The van der Waals surface area contributed by atoms with Gasteiger partial charge in [-0.05, 0) is 18.6 Å². The average molecular weight is 248 g/mol. The minimum Gasteiger partial charge on any atom is -0.274 e. The lowest BCUT2D eigenvalue weighted by Crippen LogP contribution is -2.33. The monoisotopic (exact) mass is 248 g/mol. The molecule has 1 amide bonds. The number of aliphatic imine (C=N–C) groups is 1. The number of amidine groups is 1. The number of para-hydroxylation sites is 1. The topological polar surface area (TPSA) is 32.7 Å². The summed E-state index contributed by atoms with van der Waals surface area (Å²) in [4.78, 5) is 18.0. The molecule has 0 bridgehead atoms. The fraction of sp³-hybridized carbons (Fsp3) is 0.385. The Morgan fingerprint density at radius 3 is 2.71 bits per heavy atom. The number of aryl methyl sites for hydroxylation is 1. The van der Waals surface area contributed by atoms with Crippen LogP contribution in [0, 0.1) is 6.92 Å². The average Bonchev–Trinajstić information content (AvgIpc) is 2.68. The highest BCUT2D eigenvalue weighted by Crippen LogP contribution is 2.29. The number of hydrogen-bond acceptors (Lipinski definition) is 3. The first kappa shape index (κ1) is 12.2. The van der Waals surface area contributed by atoms with E-state index in [2.05, 4.69) is 11.9 Å². The van der Waals surface area contributed by atoms with Crippen LogP contribution in [0.1, 0.15) is 19.4 Å². The maximum Gasteiger partial charge on any atom is 0.230 e. The van der Waals surface area contributed by atoms with E-state index in [1.54, 1.807) is 23.6 Å². The van der Waals surface area contributed by atoms with Gasteiger partial charge in [0.25, 0.3) is 0 Å². The van der Waals surface area contributed by atoms with Crippen LogP contribution in [0.15, 0.2) is 29.3 Å². The number of amides is 1. The minimum atomic E-state index is 0.0136. The van der Waals surface area contributed by atoms with Gasteiger partial charge in [-0.2, -0.15) is 0 Å². The van der Waals surface area contributed by atoms with E-state index in [1.807, 2.05) is 31.2 Å². The molecule has 0 N–H and O–H groups in total. The largest absolute Gasteiger partial charge is 0.274 e. The maximum atomic E-state index is 11.8. The quantitative estimate of drug-likeness (QED) is 0.765. The first-order chi connectivity index (χ1) is 8.09. The Morgan fingerprint density at radius 2 is 2.18 bits per heavy atom. The molecule has 1 aromatic carbocycles. The van der Waals surface area contributed by atoms with Crippen LogP contribution in [-0.4, -0.2) is 22.9 Å². The molecule has 1 aliphatic heterocycles. The van der Waals surface area contributed by atoms with Crippen molar-refractivity contribution in [2.24, 2.45) is 4.99 Å². The molecule has 0 aromatic heterocycles. The molecule has 3 nitrogen and oxygen atoms in total. The van der Waals surface area contributed by atoms with E-state index < -0.39 is 0 Å². The zero-order valence-corrected chi connectivity index (χ0v) is 11.1. The van der Waals surface area contributed by atoms with E-state index in [9.17, 15) is 4.79 Å². The molecule has 2 rings (SSSR count). The lowest BCUT2D eigenvalue weighted by atomic mass is 10.2. The molecule has 4 heteroatoms. The number of hydrogen-bond donors (Lipinski definition) is 0. The molecule has 0 saturated heterocycles. The number of thioether (sulfide) groups is 1. The Balaban J connectivity index is 2.37. The van der Waals surface area contributed by atoms with Gasteiger partial charge < -0.3 is 0 Å². The normalized spacial score (nSPS) is 19.0. The standard InChI is InChI=1S/C13H16N2OS/c1-9-6-4-5-7-12(9)15(11(3)16)13-14-8-10(2)17-13/h4-7,10H,8H2,1-3H3/t10-/m1/s1. The second kappa shape index (κ2) is 4.92. The Morgan fingerprint density at radius 1 is 1.47 bits per heavy atom. The Kier molecular flexibility index (Phi) is 3.52. The fourth-order valence-corrected chi connectivity index (χ4v) is 2.80. The highest BCUT2D eigenvalue weighted by atomic mass is 32.2. The SMILES string of the molecule is CC(=O)N(C1=NC[C@@H](C)S1)c1ccccc1C. The number of anilines is 1. The van der Waals surface area contributed by atoms with Crippen LogP contribution >= 0.6 is 11.8 Å². The van der Waals surface area contributed by atoms with Crippen LogP contribution in [0.25, 0.3) is 0 Å². The molecule has 17 heavy (non-hydrogen) atoms. The maximum absolute atomic E-state index is 11.8. The van der Waals surface area contributed by atoms with Gasteiger partial charge in [-0.3, -0.25) is 14.7 Å². The summed E-state index contributed by atoms with van der Waals surface area (Å²) in [6.07, 6.45) is 0. The first-order valence-corrected chi connectivity index (χ1v) is 6.55. The summed E-state index contributed by atoms with van der Waals surface area (Å²) < 4.78 is 0. The zero-order chi connectivity index (χ0) is 12.4. The van der Waals surface area contributed by atoms with E-state index in [0.29, 0.717) is 5.25 Å². The molecule has 0 radical (unpaired) electrons. The molecule has 0 unspecified atom stereocenters. The third-order valence-corrected chi connectivity index (χ3v) is 3.73. The minimum absolute atomic E-state index is 0.0136. The van der Waals surface area contributed by atoms with Gasteiger partial charge in [0.05, 0.1) is 12.2 Å². The van der Waals surface area contributed by atoms with Crippen molar-refractivity contribution in [1.82, 2.24) is 0 Å². The molecule has 1 heterocycles. The highest BCUT2D eigenvalue weighted by Gasteiger charge is 2.25. The lowest BCUT2D eigenvalue weighted by molar-refractivity contribution is -0.115. The van der Waals surface area contributed by atoms with Gasteiger partial charge in [0, 0.05) is 12.2 Å². The second-order valence-corrected chi connectivity index (χ2v) is 5.60. The van der Waals surface area contributed by atoms with Gasteiger partial charge in [-0.25, -0.2) is 0 Å². The van der Waals surface area contributed by atoms with Crippen molar-refractivity contribution in [1.29, 1.82) is 0 Å². The van der Waals surface area contributed by atoms with E-state index >= 15 is 0 Å². The summed E-state index contributed by atoms with van der Waals surface area (Å²) in [5, 5.41) is 1.27. The zero-order valence-electron chi connectivity index (χ0n) is 10.3. The number of rotatable bonds is 1. The Labute approximate surface area is 106 Å². The molecule has 90 valence electrons. The van der Waals surface area contributed by atoms with Gasteiger partial charge in [-0.15, -0.1) is 0 Å². The van der Waals surface area contributed by atoms with Crippen molar-refractivity contribution >= 4 is 28.5 Å². The van der Waals surface area contributed by atoms with Crippen molar-refractivity contribution in [2.75, 3.05) is 11.4 Å². The summed E-state index contributed by atoms with van der Waals surface area (Å²) in [5.41, 5.74) is 2.02. The molecular weight excluding hydrogens is 232 g/mol. The highest BCUT2D eigenvalue weighted by molar-refractivity contribution is 8.15. The summed E-state index contributed by atoms with van der Waals surface area (Å²) in [5.74, 6) is 0.0136. The van der Waals surface area contributed by atoms with Crippen molar-refractivity contribution in [3.05, 3.63) is 29.8 Å². The van der Waals surface area contributed by atoms with E-state index in [0.717, 1.165) is 23.0 Å². The van der Waals surface area contributed by atoms with Crippen LogP contribution in [-0.2, 0) is 4.79 Å². The molecule has 0 aliphatic carbocycles. The van der Waals surface area contributed by atoms with Gasteiger partial charge in [0.15, 0.2) is 5.17 Å². The number of nitrogens with zero attached hydrogens (tertiary/aromatic N) is 2.